The van der Waals surface area contributed by atoms with Crippen LogP contribution in [-0.4, -0.2) is 17.4 Å². The van der Waals surface area contributed by atoms with Crippen LogP contribution in [0.25, 0.3) is 10.9 Å². The first-order valence-corrected chi connectivity index (χ1v) is 7.91. The van der Waals surface area contributed by atoms with E-state index in [2.05, 4.69) is 25.1 Å². The number of hydrogen-bond acceptors (Lipinski definition) is 2. The number of aryl methyl sites for hydroxylation is 2. The smallest absolute Gasteiger partial charge is 0.259 e. The van der Waals surface area contributed by atoms with E-state index in [0.29, 0.717) is 6.54 Å². The average molecular weight is 302 g/mol. The standard InChI is InChI=1S/C20H18N2O/c1-13-7-8-18-16(11-13)12-15-9-10-22(19(15)21-18)20(23)17-6-4-3-5-14(17)2/h3-8,11-12H,9-10H2,1-2H3. The molecule has 0 bridgehead atoms. The Bertz CT molecular complexity index is 930. The molecular weight excluding hydrogens is 284 g/mol. The number of rotatable bonds is 1. The zero-order chi connectivity index (χ0) is 16.0. The Hall–Kier alpha value is -2.68. The summed E-state index contributed by atoms with van der Waals surface area (Å²) < 4.78 is 0. The van der Waals surface area contributed by atoms with Crippen LogP contribution in [0.5, 0.6) is 0 Å². The van der Waals surface area contributed by atoms with Gasteiger partial charge in [0.25, 0.3) is 5.91 Å². The maximum absolute atomic E-state index is 12.9. The van der Waals surface area contributed by atoms with Crippen molar-refractivity contribution in [1.82, 2.24) is 4.98 Å². The lowest BCUT2D eigenvalue weighted by Crippen LogP contribution is -2.30. The number of fused-ring (bicyclic) bond motifs is 2. The van der Waals surface area contributed by atoms with Crippen molar-refractivity contribution in [1.29, 1.82) is 0 Å². The zero-order valence-corrected chi connectivity index (χ0v) is 13.3. The first-order valence-electron chi connectivity index (χ1n) is 7.91. The molecule has 0 fully saturated rings. The number of hydrogen-bond donors (Lipinski definition) is 0. The first kappa shape index (κ1) is 13.9. The number of nitrogens with zero attached hydrogens (tertiary/aromatic N) is 2. The largest absolute Gasteiger partial charge is 0.292 e. The van der Waals surface area contributed by atoms with E-state index >= 15 is 0 Å². The van der Waals surface area contributed by atoms with E-state index in [1.165, 1.54) is 5.56 Å². The lowest BCUT2D eigenvalue weighted by molar-refractivity contribution is 0.0988. The summed E-state index contributed by atoms with van der Waals surface area (Å²) in [4.78, 5) is 19.5. The quantitative estimate of drug-likeness (QED) is 0.679. The summed E-state index contributed by atoms with van der Waals surface area (Å²) in [6.45, 7) is 4.76. The molecule has 1 aliphatic rings. The molecule has 114 valence electrons. The number of pyridine rings is 1. The molecule has 0 radical (unpaired) electrons. The molecule has 0 saturated carbocycles. The van der Waals surface area contributed by atoms with E-state index in [0.717, 1.165) is 39.8 Å². The van der Waals surface area contributed by atoms with Crippen LogP contribution >= 0.6 is 0 Å². The second-order valence-corrected chi connectivity index (χ2v) is 6.19. The summed E-state index contributed by atoms with van der Waals surface area (Å²) in [6.07, 6.45) is 0.865. The van der Waals surface area contributed by atoms with Gasteiger partial charge in [0.05, 0.1) is 5.52 Å². The summed E-state index contributed by atoms with van der Waals surface area (Å²) in [7, 11) is 0. The van der Waals surface area contributed by atoms with Gasteiger partial charge in [-0.1, -0.05) is 29.8 Å². The second kappa shape index (κ2) is 5.20. The molecule has 0 spiro atoms. The Morgan fingerprint density at radius 1 is 1.09 bits per heavy atom. The normalized spacial score (nSPS) is 13.4. The van der Waals surface area contributed by atoms with Gasteiger partial charge < -0.3 is 0 Å². The van der Waals surface area contributed by atoms with Crippen LogP contribution < -0.4 is 4.90 Å². The van der Waals surface area contributed by atoms with Crippen molar-refractivity contribution in [3.05, 3.63) is 70.8 Å². The van der Waals surface area contributed by atoms with Crippen LogP contribution in [0.3, 0.4) is 0 Å². The van der Waals surface area contributed by atoms with E-state index in [9.17, 15) is 4.79 Å². The third kappa shape index (κ3) is 2.29. The summed E-state index contributed by atoms with van der Waals surface area (Å²) >= 11 is 0. The number of amides is 1. The highest BCUT2D eigenvalue weighted by molar-refractivity contribution is 6.08. The molecule has 0 atom stereocenters. The van der Waals surface area contributed by atoms with Crippen molar-refractivity contribution in [2.75, 3.05) is 11.4 Å². The van der Waals surface area contributed by atoms with E-state index in [1.54, 1.807) is 0 Å². The molecule has 23 heavy (non-hydrogen) atoms. The van der Waals surface area contributed by atoms with Crippen molar-refractivity contribution in [3.8, 4) is 0 Å². The molecule has 0 unspecified atom stereocenters. The lowest BCUT2D eigenvalue weighted by atomic mass is 10.1. The van der Waals surface area contributed by atoms with Gasteiger partial charge in [-0.25, -0.2) is 4.98 Å². The molecule has 3 aromatic rings. The fourth-order valence-corrected chi connectivity index (χ4v) is 3.24. The Morgan fingerprint density at radius 2 is 1.91 bits per heavy atom. The van der Waals surface area contributed by atoms with Gasteiger partial charge in [-0.2, -0.15) is 0 Å². The van der Waals surface area contributed by atoms with E-state index < -0.39 is 0 Å². The fraction of sp³-hybridized carbons (Fsp3) is 0.200. The van der Waals surface area contributed by atoms with Crippen molar-refractivity contribution >= 4 is 22.6 Å². The molecule has 1 amide bonds. The maximum atomic E-state index is 12.9. The zero-order valence-electron chi connectivity index (χ0n) is 13.3. The molecule has 0 saturated heterocycles. The highest BCUT2D eigenvalue weighted by Crippen LogP contribution is 2.31. The van der Waals surface area contributed by atoms with Gasteiger partial charge in [0.2, 0.25) is 0 Å². The highest BCUT2D eigenvalue weighted by atomic mass is 16.2. The van der Waals surface area contributed by atoms with E-state index in [-0.39, 0.29) is 5.91 Å². The van der Waals surface area contributed by atoms with Crippen LogP contribution in [0.4, 0.5) is 5.82 Å². The molecule has 1 aromatic heterocycles. The molecule has 0 N–H and O–H groups in total. The Morgan fingerprint density at radius 3 is 2.74 bits per heavy atom. The molecule has 1 aliphatic heterocycles. The third-order valence-corrected chi connectivity index (χ3v) is 4.51. The SMILES string of the molecule is Cc1ccc2nc3c(cc2c1)CCN3C(=O)c1ccccc1C. The molecule has 2 heterocycles. The average Bonchev–Trinajstić information content (AvgIpc) is 2.95. The minimum absolute atomic E-state index is 0.0424. The molecule has 3 heteroatoms. The maximum Gasteiger partial charge on any atom is 0.259 e. The summed E-state index contributed by atoms with van der Waals surface area (Å²) in [5.41, 5.74) is 5.09. The van der Waals surface area contributed by atoms with Gasteiger partial charge in [0, 0.05) is 17.5 Å². The van der Waals surface area contributed by atoms with Gasteiger partial charge >= 0.3 is 0 Å². The first-order chi connectivity index (χ1) is 11.1. The Balaban J connectivity index is 1.79. The number of aromatic nitrogens is 1. The van der Waals surface area contributed by atoms with Gasteiger partial charge in [-0.15, -0.1) is 0 Å². The van der Waals surface area contributed by atoms with Gasteiger partial charge in [-0.3, -0.25) is 9.69 Å². The Kier molecular flexibility index (Phi) is 3.15. The number of carbonyl (C=O) groups is 1. The van der Waals surface area contributed by atoms with Crippen molar-refractivity contribution in [2.45, 2.75) is 20.3 Å². The van der Waals surface area contributed by atoms with Crippen LogP contribution in [0.1, 0.15) is 27.0 Å². The number of benzene rings is 2. The fourth-order valence-electron chi connectivity index (χ4n) is 3.24. The van der Waals surface area contributed by atoms with Crippen LogP contribution in [-0.2, 0) is 6.42 Å². The highest BCUT2D eigenvalue weighted by Gasteiger charge is 2.28. The minimum atomic E-state index is 0.0424. The monoisotopic (exact) mass is 302 g/mol. The van der Waals surface area contributed by atoms with Crippen molar-refractivity contribution < 1.29 is 4.79 Å². The van der Waals surface area contributed by atoms with E-state index in [1.807, 2.05) is 42.2 Å². The number of anilines is 1. The molecular formula is C20H18N2O. The van der Waals surface area contributed by atoms with Gasteiger partial charge in [-0.05, 0) is 55.7 Å². The third-order valence-electron chi connectivity index (χ3n) is 4.51. The predicted octanol–water partition coefficient (Wildman–Crippen LogP) is 4.05. The van der Waals surface area contributed by atoms with Crippen molar-refractivity contribution in [2.24, 2.45) is 0 Å². The lowest BCUT2D eigenvalue weighted by Gasteiger charge is -2.18. The summed E-state index contributed by atoms with van der Waals surface area (Å²) in [5.74, 6) is 0.857. The Labute approximate surface area is 135 Å². The molecule has 3 nitrogen and oxygen atoms in total. The minimum Gasteiger partial charge on any atom is -0.292 e. The molecule has 2 aromatic carbocycles. The topological polar surface area (TPSA) is 33.2 Å². The number of carbonyl (C=O) groups excluding carboxylic acids is 1. The second-order valence-electron chi connectivity index (χ2n) is 6.19. The van der Waals surface area contributed by atoms with Crippen LogP contribution in [0.15, 0.2) is 48.5 Å². The summed E-state index contributed by atoms with van der Waals surface area (Å²) in [5, 5.41) is 1.15. The van der Waals surface area contributed by atoms with Gasteiger partial charge in [0.1, 0.15) is 5.82 Å². The van der Waals surface area contributed by atoms with Crippen LogP contribution in [0, 0.1) is 13.8 Å². The summed E-state index contributed by atoms with van der Waals surface area (Å²) in [6, 6.07) is 16.1. The molecule has 4 rings (SSSR count). The van der Waals surface area contributed by atoms with Gasteiger partial charge in [0.15, 0.2) is 0 Å². The molecule has 0 aliphatic carbocycles. The van der Waals surface area contributed by atoms with Crippen molar-refractivity contribution in [3.63, 3.8) is 0 Å². The van der Waals surface area contributed by atoms with E-state index in [4.69, 9.17) is 4.98 Å². The predicted molar refractivity (Wildman–Crippen MR) is 93.0 cm³/mol. The van der Waals surface area contributed by atoms with Crippen LogP contribution in [0.2, 0.25) is 0 Å².